The summed E-state index contributed by atoms with van der Waals surface area (Å²) in [5.74, 6) is 0. The maximum absolute atomic E-state index is 10.8. The molecule has 4 heteroatoms. The van der Waals surface area contributed by atoms with E-state index in [1.165, 1.54) is 0 Å². The van der Waals surface area contributed by atoms with Crippen molar-refractivity contribution in [2.45, 2.75) is 32.3 Å². The van der Waals surface area contributed by atoms with Crippen molar-refractivity contribution in [2.24, 2.45) is 5.73 Å². The van der Waals surface area contributed by atoms with Crippen LogP contribution in [-0.2, 0) is 4.74 Å². The summed E-state index contributed by atoms with van der Waals surface area (Å²) in [5, 5.41) is 0. The van der Waals surface area contributed by atoms with Crippen molar-refractivity contribution in [2.75, 3.05) is 19.7 Å². The number of likely N-dealkylation sites (tertiary alicyclic amines) is 1. The summed E-state index contributed by atoms with van der Waals surface area (Å²) in [5.41, 5.74) is 5.16. The molecule has 4 nitrogen and oxygen atoms in total. The van der Waals surface area contributed by atoms with Crippen LogP contribution >= 0.6 is 0 Å². The Morgan fingerprint density at radius 1 is 1.54 bits per heavy atom. The topological polar surface area (TPSA) is 55.6 Å². The minimum absolute atomic E-state index is 0.311. The number of carbonyl (C=O) groups is 1. The standard InChI is InChI=1S/C9H18N2O2/c1-2-7-13-8-3-5-11(6-4-8)9(10)12/h8H,2-7H2,1H3,(H2,10,12). The third-order valence-electron chi connectivity index (χ3n) is 2.31. The summed E-state index contributed by atoms with van der Waals surface area (Å²) in [7, 11) is 0. The Hall–Kier alpha value is -0.770. The predicted molar refractivity (Wildman–Crippen MR) is 50.4 cm³/mol. The fraction of sp³-hybridized carbons (Fsp3) is 0.889. The molecular weight excluding hydrogens is 168 g/mol. The number of rotatable bonds is 3. The molecule has 0 spiro atoms. The Labute approximate surface area is 79.0 Å². The van der Waals surface area contributed by atoms with Gasteiger partial charge in [-0.1, -0.05) is 6.92 Å². The Kier molecular flexibility index (Phi) is 4.02. The normalized spacial score (nSPS) is 19.0. The average Bonchev–Trinajstić information content (AvgIpc) is 2.15. The lowest BCUT2D eigenvalue weighted by Crippen LogP contribution is -2.43. The van der Waals surface area contributed by atoms with Crippen molar-refractivity contribution < 1.29 is 9.53 Å². The third kappa shape index (κ3) is 3.22. The lowest BCUT2D eigenvalue weighted by molar-refractivity contribution is 0.0160. The highest BCUT2D eigenvalue weighted by Crippen LogP contribution is 2.13. The number of hydrogen-bond donors (Lipinski definition) is 1. The monoisotopic (exact) mass is 186 g/mol. The summed E-state index contributed by atoms with van der Waals surface area (Å²) < 4.78 is 5.58. The molecule has 0 aliphatic carbocycles. The number of hydrogen-bond acceptors (Lipinski definition) is 2. The molecule has 76 valence electrons. The summed E-state index contributed by atoms with van der Waals surface area (Å²) in [4.78, 5) is 12.5. The van der Waals surface area contributed by atoms with Crippen molar-refractivity contribution in [3.8, 4) is 0 Å². The van der Waals surface area contributed by atoms with E-state index in [9.17, 15) is 4.79 Å². The predicted octanol–water partition coefficient (Wildman–Crippen LogP) is 0.956. The van der Waals surface area contributed by atoms with Crippen LogP contribution in [0.2, 0.25) is 0 Å². The number of ether oxygens (including phenoxy) is 1. The number of urea groups is 1. The molecule has 13 heavy (non-hydrogen) atoms. The van der Waals surface area contributed by atoms with Crippen LogP contribution in [0, 0.1) is 0 Å². The largest absolute Gasteiger partial charge is 0.378 e. The van der Waals surface area contributed by atoms with Gasteiger partial charge in [-0.25, -0.2) is 4.79 Å². The van der Waals surface area contributed by atoms with Crippen molar-refractivity contribution in [3.05, 3.63) is 0 Å². The van der Waals surface area contributed by atoms with Crippen LogP contribution in [0.25, 0.3) is 0 Å². The molecule has 0 unspecified atom stereocenters. The van der Waals surface area contributed by atoms with Gasteiger partial charge in [0.05, 0.1) is 6.10 Å². The van der Waals surface area contributed by atoms with Gasteiger partial charge >= 0.3 is 6.03 Å². The highest BCUT2D eigenvalue weighted by atomic mass is 16.5. The van der Waals surface area contributed by atoms with E-state index >= 15 is 0 Å². The van der Waals surface area contributed by atoms with E-state index in [0.29, 0.717) is 6.10 Å². The van der Waals surface area contributed by atoms with Crippen LogP contribution in [0.4, 0.5) is 4.79 Å². The maximum atomic E-state index is 10.8. The fourth-order valence-electron chi connectivity index (χ4n) is 1.53. The van der Waals surface area contributed by atoms with Gasteiger partial charge in [-0.15, -0.1) is 0 Å². The molecule has 1 rings (SSSR count). The van der Waals surface area contributed by atoms with Gasteiger partial charge in [-0.05, 0) is 19.3 Å². The van der Waals surface area contributed by atoms with E-state index in [2.05, 4.69) is 6.92 Å². The van der Waals surface area contributed by atoms with Crippen LogP contribution in [-0.4, -0.2) is 36.7 Å². The summed E-state index contributed by atoms with van der Waals surface area (Å²) in [6.45, 7) is 4.40. The number of primary amides is 1. The Balaban J connectivity index is 2.18. The van der Waals surface area contributed by atoms with Gasteiger partial charge in [0.25, 0.3) is 0 Å². The number of nitrogens with zero attached hydrogens (tertiary/aromatic N) is 1. The third-order valence-corrected chi connectivity index (χ3v) is 2.31. The number of carbonyl (C=O) groups excluding carboxylic acids is 1. The van der Waals surface area contributed by atoms with Crippen molar-refractivity contribution in [1.29, 1.82) is 0 Å². The first-order valence-electron chi connectivity index (χ1n) is 4.90. The fourth-order valence-corrected chi connectivity index (χ4v) is 1.53. The first-order chi connectivity index (χ1) is 6.24. The smallest absolute Gasteiger partial charge is 0.314 e. The van der Waals surface area contributed by atoms with E-state index in [1.807, 2.05) is 0 Å². The summed E-state index contributed by atoms with van der Waals surface area (Å²) in [6.07, 6.45) is 3.22. The second-order valence-electron chi connectivity index (χ2n) is 3.40. The summed E-state index contributed by atoms with van der Waals surface area (Å²) >= 11 is 0. The minimum atomic E-state index is -0.311. The van der Waals surface area contributed by atoms with Gasteiger partial charge in [0, 0.05) is 19.7 Å². The maximum Gasteiger partial charge on any atom is 0.314 e. The van der Waals surface area contributed by atoms with E-state index in [-0.39, 0.29) is 6.03 Å². The van der Waals surface area contributed by atoms with Crippen LogP contribution in [0.15, 0.2) is 0 Å². The zero-order valence-electron chi connectivity index (χ0n) is 8.16. The van der Waals surface area contributed by atoms with Gasteiger partial charge in [-0.2, -0.15) is 0 Å². The molecule has 1 aliphatic rings. The van der Waals surface area contributed by atoms with Crippen LogP contribution in [0.5, 0.6) is 0 Å². The molecule has 0 aromatic rings. The van der Waals surface area contributed by atoms with E-state index in [4.69, 9.17) is 10.5 Å². The molecule has 0 saturated carbocycles. The Bertz CT molecular complexity index is 165. The van der Waals surface area contributed by atoms with Crippen molar-refractivity contribution in [3.63, 3.8) is 0 Å². The highest BCUT2D eigenvalue weighted by molar-refractivity contribution is 5.72. The number of nitrogens with two attached hydrogens (primary N) is 1. The van der Waals surface area contributed by atoms with Gasteiger partial charge in [-0.3, -0.25) is 0 Å². The molecule has 2 amide bonds. The molecule has 2 N–H and O–H groups in total. The van der Waals surface area contributed by atoms with E-state index in [1.54, 1.807) is 4.90 Å². The Morgan fingerprint density at radius 3 is 2.62 bits per heavy atom. The second-order valence-corrected chi connectivity index (χ2v) is 3.40. The first kappa shape index (κ1) is 10.3. The molecule has 1 heterocycles. The van der Waals surface area contributed by atoms with Crippen LogP contribution in [0.1, 0.15) is 26.2 Å². The van der Waals surface area contributed by atoms with E-state index in [0.717, 1.165) is 39.0 Å². The lowest BCUT2D eigenvalue weighted by atomic mass is 10.1. The molecule has 0 atom stereocenters. The van der Waals surface area contributed by atoms with Gasteiger partial charge in [0.15, 0.2) is 0 Å². The quantitative estimate of drug-likeness (QED) is 0.713. The zero-order valence-corrected chi connectivity index (χ0v) is 8.16. The zero-order chi connectivity index (χ0) is 9.68. The molecule has 0 aromatic heterocycles. The molecule has 1 aliphatic heterocycles. The van der Waals surface area contributed by atoms with Gasteiger partial charge in [0.1, 0.15) is 0 Å². The molecule has 1 saturated heterocycles. The number of amides is 2. The minimum Gasteiger partial charge on any atom is -0.378 e. The molecular formula is C9H18N2O2. The van der Waals surface area contributed by atoms with Gasteiger partial charge < -0.3 is 15.4 Å². The molecule has 0 bridgehead atoms. The Morgan fingerprint density at radius 2 is 2.15 bits per heavy atom. The molecule has 0 aromatic carbocycles. The van der Waals surface area contributed by atoms with Crippen molar-refractivity contribution >= 4 is 6.03 Å². The first-order valence-corrected chi connectivity index (χ1v) is 4.90. The second kappa shape index (κ2) is 5.07. The molecule has 0 radical (unpaired) electrons. The lowest BCUT2D eigenvalue weighted by Gasteiger charge is -2.30. The van der Waals surface area contributed by atoms with Crippen LogP contribution < -0.4 is 5.73 Å². The summed E-state index contributed by atoms with van der Waals surface area (Å²) in [6, 6.07) is -0.311. The van der Waals surface area contributed by atoms with Gasteiger partial charge in [0.2, 0.25) is 0 Å². The highest BCUT2D eigenvalue weighted by Gasteiger charge is 2.20. The number of piperidine rings is 1. The SMILES string of the molecule is CCCOC1CCN(C(N)=O)CC1. The van der Waals surface area contributed by atoms with E-state index < -0.39 is 0 Å². The van der Waals surface area contributed by atoms with Crippen LogP contribution in [0.3, 0.4) is 0 Å². The average molecular weight is 186 g/mol. The van der Waals surface area contributed by atoms with Crippen molar-refractivity contribution in [1.82, 2.24) is 4.90 Å². The molecule has 1 fully saturated rings.